The minimum Gasteiger partial charge on any atom is -0.367 e. The van der Waals surface area contributed by atoms with Crippen LogP contribution >= 0.6 is 11.3 Å². The fourth-order valence-corrected chi connectivity index (χ4v) is 3.72. The number of anilines is 1. The highest BCUT2D eigenvalue weighted by Gasteiger charge is 2.24. The van der Waals surface area contributed by atoms with Gasteiger partial charge in [0.05, 0.1) is 5.39 Å². The van der Waals surface area contributed by atoms with E-state index in [1.807, 2.05) is 6.07 Å². The number of nitrogens with one attached hydrogen (secondary N) is 1. The van der Waals surface area contributed by atoms with Crippen LogP contribution in [0.5, 0.6) is 0 Å². The predicted octanol–water partition coefficient (Wildman–Crippen LogP) is 4.47. The first-order valence-corrected chi connectivity index (χ1v) is 8.59. The molecule has 1 aromatic carbocycles. The van der Waals surface area contributed by atoms with Gasteiger partial charge in [0.2, 0.25) is 0 Å². The van der Waals surface area contributed by atoms with Gasteiger partial charge in [0.1, 0.15) is 16.5 Å². The summed E-state index contributed by atoms with van der Waals surface area (Å²) in [6.45, 7) is 4.34. The van der Waals surface area contributed by atoms with E-state index < -0.39 is 0 Å². The van der Waals surface area contributed by atoms with Crippen molar-refractivity contribution in [3.63, 3.8) is 0 Å². The second kappa shape index (κ2) is 5.36. The maximum absolute atomic E-state index is 4.83. The molecular weight excluding hydrogens is 290 g/mol. The maximum atomic E-state index is 4.83. The Hall–Kier alpha value is -1.94. The molecular formula is C18H19N3S. The third-order valence-corrected chi connectivity index (χ3v) is 5.30. The molecule has 1 N–H and O–H groups in total. The zero-order valence-corrected chi connectivity index (χ0v) is 13.7. The Morgan fingerprint density at radius 3 is 2.64 bits per heavy atom. The van der Waals surface area contributed by atoms with Crippen LogP contribution in [0.2, 0.25) is 0 Å². The van der Waals surface area contributed by atoms with Crippen molar-refractivity contribution in [2.24, 2.45) is 0 Å². The van der Waals surface area contributed by atoms with Crippen molar-refractivity contribution in [2.45, 2.75) is 39.2 Å². The first-order chi connectivity index (χ1) is 10.7. The van der Waals surface area contributed by atoms with Crippen molar-refractivity contribution in [3.8, 4) is 0 Å². The van der Waals surface area contributed by atoms with Crippen molar-refractivity contribution >= 4 is 27.4 Å². The molecule has 0 bridgehead atoms. The largest absolute Gasteiger partial charge is 0.367 e. The molecule has 2 aromatic heterocycles. The quantitative estimate of drug-likeness (QED) is 0.772. The van der Waals surface area contributed by atoms with Crippen molar-refractivity contribution in [2.75, 3.05) is 5.32 Å². The Labute approximate surface area is 134 Å². The molecule has 2 heterocycles. The molecule has 0 spiro atoms. The van der Waals surface area contributed by atoms with Gasteiger partial charge in [-0.2, -0.15) is 0 Å². The highest BCUT2D eigenvalue weighted by Crippen LogP contribution is 2.35. The fraction of sp³-hybridized carbons (Fsp3) is 0.333. The van der Waals surface area contributed by atoms with Crippen LogP contribution < -0.4 is 5.32 Å². The molecule has 3 aromatic rings. The Bertz CT molecular complexity index is 819. The molecule has 112 valence electrons. The van der Waals surface area contributed by atoms with E-state index in [9.17, 15) is 0 Å². The molecule has 3 nitrogen and oxygen atoms in total. The molecule has 0 aliphatic heterocycles. The number of nitrogens with zero attached hydrogens (tertiary/aromatic N) is 2. The zero-order valence-electron chi connectivity index (χ0n) is 12.9. The summed E-state index contributed by atoms with van der Waals surface area (Å²) in [5, 5.41) is 4.81. The molecule has 0 radical (unpaired) electrons. The van der Waals surface area contributed by atoms with Crippen molar-refractivity contribution in [3.05, 3.63) is 52.2 Å². The van der Waals surface area contributed by atoms with E-state index in [0.29, 0.717) is 6.04 Å². The minimum atomic E-state index is 0.599. The van der Waals surface area contributed by atoms with Crippen LogP contribution in [0.3, 0.4) is 0 Å². The number of thiophene rings is 1. The molecule has 0 unspecified atom stereocenters. The average molecular weight is 309 g/mol. The first kappa shape index (κ1) is 13.7. The smallest absolute Gasteiger partial charge is 0.139 e. The summed E-state index contributed by atoms with van der Waals surface area (Å²) in [6, 6.07) is 11.0. The second-order valence-corrected chi connectivity index (χ2v) is 7.24. The molecule has 0 amide bonds. The lowest BCUT2D eigenvalue weighted by Crippen LogP contribution is -2.07. The van der Waals surface area contributed by atoms with E-state index in [4.69, 9.17) is 9.97 Å². The van der Waals surface area contributed by atoms with Gasteiger partial charge in [0, 0.05) is 17.3 Å². The Morgan fingerprint density at radius 2 is 1.91 bits per heavy atom. The summed E-state index contributed by atoms with van der Waals surface area (Å²) < 4.78 is 0. The summed E-state index contributed by atoms with van der Waals surface area (Å²) in [7, 11) is 0. The van der Waals surface area contributed by atoms with Gasteiger partial charge in [-0.3, -0.25) is 0 Å². The van der Waals surface area contributed by atoms with Crippen LogP contribution in [0.1, 0.15) is 34.7 Å². The summed E-state index contributed by atoms with van der Waals surface area (Å²) in [6.07, 6.45) is 3.29. The molecule has 0 atom stereocenters. The lowest BCUT2D eigenvalue weighted by atomic mass is 10.1. The van der Waals surface area contributed by atoms with E-state index in [1.54, 1.807) is 11.3 Å². The number of aryl methyl sites for hydroxylation is 2. The average Bonchev–Trinajstić information content (AvgIpc) is 3.26. The Kier molecular flexibility index (Phi) is 3.34. The topological polar surface area (TPSA) is 37.8 Å². The molecule has 4 rings (SSSR count). The van der Waals surface area contributed by atoms with Crippen LogP contribution in [0.15, 0.2) is 30.3 Å². The van der Waals surface area contributed by atoms with Crippen LogP contribution in [0.4, 0.5) is 5.82 Å². The number of rotatable bonds is 4. The van der Waals surface area contributed by atoms with Crippen LogP contribution in [0, 0.1) is 13.8 Å². The molecule has 1 saturated carbocycles. The third-order valence-electron chi connectivity index (χ3n) is 4.20. The highest BCUT2D eigenvalue weighted by atomic mass is 32.1. The summed E-state index contributed by atoms with van der Waals surface area (Å²) in [4.78, 5) is 12.1. The van der Waals surface area contributed by atoms with Crippen molar-refractivity contribution in [1.82, 2.24) is 9.97 Å². The standard InChI is InChI=1S/C18H19N3S/c1-11-12(2)22-18-16(11)17(19-14-8-9-14)20-15(21-18)10-13-6-4-3-5-7-13/h3-7,14H,8-10H2,1-2H3,(H,19,20,21). The van der Waals surface area contributed by atoms with Crippen molar-refractivity contribution < 1.29 is 0 Å². The highest BCUT2D eigenvalue weighted by molar-refractivity contribution is 7.18. The maximum Gasteiger partial charge on any atom is 0.139 e. The minimum absolute atomic E-state index is 0.599. The lowest BCUT2D eigenvalue weighted by Gasteiger charge is -2.09. The van der Waals surface area contributed by atoms with E-state index in [0.717, 1.165) is 22.9 Å². The first-order valence-electron chi connectivity index (χ1n) is 7.78. The number of aromatic nitrogens is 2. The summed E-state index contributed by atoms with van der Waals surface area (Å²) in [5.74, 6) is 1.93. The van der Waals surface area contributed by atoms with Gasteiger partial charge in [0.15, 0.2) is 0 Å². The van der Waals surface area contributed by atoms with Gasteiger partial charge >= 0.3 is 0 Å². The van der Waals surface area contributed by atoms with Crippen LogP contribution in [-0.2, 0) is 6.42 Å². The SMILES string of the molecule is Cc1sc2nc(Cc3ccccc3)nc(NC3CC3)c2c1C. The molecule has 22 heavy (non-hydrogen) atoms. The Balaban J connectivity index is 1.78. The van der Waals surface area contributed by atoms with Gasteiger partial charge in [-0.25, -0.2) is 9.97 Å². The molecule has 1 aliphatic carbocycles. The summed E-state index contributed by atoms with van der Waals surface area (Å²) in [5.41, 5.74) is 2.57. The molecule has 0 saturated heterocycles. The van der Waals surface area contributed by atoms with E-state index in [1.165, 1.54) is 34.2 Å². The predicted molar refractivity (Wildman–Crippen MR) is 92.8 cm³/mol. The third kappa shape index (κ3) is 2.59. The van der Waals surface area contributed by atoms with Crippen LogP contribution in [0.25, 0.3) is 10.2 Å². The summed E-state index contributed by atoms with van der Waals surface area (Å²) >= 11 is 1.77. The van der Waals surface area contributed by atoms with Gasteiger partial charge in [-0.05, 0) is 37.8 Å². The lowest BCUT2D eigenvalue weighted by molar-refractivity contribution is 0.983. The Morgan fingerprint density at radius 1 is 1.14 bits per heavy atom. The molecule has 1 aliphatic rings. The van der Waals surface area contributed by atoms with E-state index >= 15 is 0 Å². The van der Waals surface area contributed by atoms with E-state index in [2.05, 4.69) is 43.4 Å². The monoisotopic (exact) mass is 309 g/mol. The number of hydrogen-bond acceptors (Lipinski definition) is 4. The van der Waals surface area contributed by atoms with E-state index in [-0.39, 0.29) is 0 Å². The zero-order chi connectivity index (χ0) is 15.1. The van der Waals surface area contributed by atoms with Gasteiger partial charge in [-0.15, -0.1) is 11.3 Å². The second-order valence-electron chi connectivity index (χ2n) is 6.03. The molecule has 4 heteroatoms. The van der Waals surface area contributed by atoms with Crippen LogP contribution in [-0.4, -0.2) is 16.0 Å². The van der Waals surface area contributed by atoms with Gasteiger partial charge in [0.25, 0.3) is 0 Å². The number of benzene rings is 1. The number of hydrogen-bond donors (Lipinski definition) is 1. The van der Waals surface area contributed by atoms with Gasteiger partial charge in [-0.1, -0.05) is 30.3 Å². The fourth-order valence-electron chi connectivity index (χ4n) is 2.68. The van der Waals surface area contributed by atoms with Crippen molar-refractivity contribution in [1.29, 1.82) is 0 Å². The molecule has 1 fully saturated rings. The number of fused-ring (bicyclic) bond motifs is 1. The van der Waals surface area contributed by atoms with Gasteiger partial charge < -0.3 is 5.32 Å². The normalized spacial score (nSPS) is 14.5.